The van der Waals surface area contributed by atoms with Crippen LogP contribution in [0.2, 0.25) is 0 Å². The second kappa shape index (κ2) is 9.00. The maximum absolute atomic E-state index is 10.1. The number of benzene rings is 2. The third-order valence-corrected chi connectivity index (χ3v) is 4.13. The van der Waals surface area contributed by atoms with E-state index in [2.05, 4.69) is 51.1 Å². The summed E-state index contributed by atoms with van der Waals surface area (Å²) in [5, 5.41) is 10.1. The Bertz CT molecular complexity index is 540. The van der Waals surface area contributed by atoms with Crippen molar-refractivity contribution >= 4 is 11.7 Å². The first-order chi connectivity index (χ1) is 10.6. The van der Waals surface area contributed by atoms with E-state index in [9.17, 15) is 9.90 Å². The van der Waals surface area contributed by atoms with Gasteiger partial charge in [0, 0.05) is 0 Å². The molecule has 0 aliphatic carbocycles. The van der Waals surface area contributed by atoms with E-state index in [-0.39, 0.29) is 5.56 Å². The van der Waals surface area contributed by atoms with Crippen molar-refractivity contribution in [2.75, 3.05) is 19.6 Å². The third kappa shape index (κ3) is 4.71. The SMILES string of the molecule is CC[N+](CC)(CC)c1ccccc1.O=C([O-])c1ccccc1. The van der Waals surface area contributed by atoms with Gasteiger partial charge in [-0.1, -0.05) is 48.5 Å². The summed E-state index contributed by atoms with van der Waals surface area (Å²) in [6, 6.07) is 18.9. The highest BCUT2D eigenvalue weighted by Gasteiger charge is 2.23. The highest BCUT2D eigenvalue weighted by Crippen LogP contribution is 2.21. The summed E-state index contributed by atoms with van der Waals surface area (Å²) in [5.74, 6) is -1.13. The van der Waals surface area contributed by atoms with E-state index in [1.165, 1.54) is 37.5 Å². The monoisotopic (exact) mass is 299 g/mol. The molecule has 0 atom stereocenters. The lowest BCUT2D eigenvalue weighted by Gasteiger charge is -2.35. The van der Waals surface area contributed by atoms with E-state index in [1.54, 1.807) is 18.2 Å². The fourth-order valence-corrected chi connectivity index (χ4v) is 2.54. The quantitative estimate of drug-likeness (QED) is 0.796. The normalized spacial score (nSPS) is 10.5. The van der Waals surface area contributed by atoms with Crippen molar-refractivity contribution in [3.63, 3.8) is 0 Å². The Labute approximate surface area is 133 Å². The lowest BCUT2D eigenvalue weighted by Crippen LogP contribution is -2.48. The molecule has 118 valence electrons. The second-order valence-corrected chi connectivity index (χ2v) is 5.08. The molecule has 0 spiro atoms. The number of carbonyl (C=O) groups is 1. The van der Waals surface area contributed by atoms with Crippen LogP contribution in [0.3, 0.4) is 0 Å². The Kier molecular flexibility index (Phi) is 7.33. The van der Waals surface area contributed by atoms with Gasteiger partial charge in [0.25, 0.3) is 0 Å². The largest absolute Gasteiger partial charge is 0.545 e. The van der Waals surface area contributed by atoms with Crippen LogP contribution in [0.1, 0.15) is 31.1 Å². The summed E-state index contributed by atoms with van der Waals surface area (Å²) in [5.41, 5.74) is 1.66. The van der Waals surface area contributed by atoms with Crippen molar-refractivity contribution in [2.24, 2.45) is 0 Å². The molecule has 0 bridgehead atoms. The number of carbonyl (C=O) groups excluding carboxylic acids is 1. The van der Waals surface area contributed by atoms with Crippen LogP contribution in [0, 0.1) is 0 Å². The van der Waals surface area contributed by atoms with Gasteiger partial charge in [0.1, 0.15) is 5.69 Å². The molecule has 0 radical (unpaired) electrons. The van der Waals surface area contributed by atoms with Crippen LogP contribution >= 0.6 is 0 Å². The first-order valence-corrected chi connectivity index (χ1v) is 7.77. The van der Waals surface area contributed by atoms with E-state index in [1.807, 2.05) is 0 Å². The number of aromatic carboxylic acids is 1. The van der Waals surface area contributed by atoms with Crippen molar-refractivity contribution < 1.29 is 9.90 Å². The van der Waals surface area contributed by atoms with Gasteiger partial charge in [0.15, 0.2) is 0 Å². The number of nitrogens with zero attached hydrogens (tertiary/aromatic N) is 1. The van der Waals surface area contributed by atoms with Crippen LogP contribution in [-0.2, 0) is 0 Å². The number of rotatable bonds is 5. The summed E-state index contributed by atoms with van der Waals surface area (Å²) in [7, 11) is 0. The maximum Gasteiger partial charge on any atom is 0.132 e. The molecule has 0 saturated heterocycles. The average molecular weight is 299 g/mol. The summed E-state index contributed by atoms with van der Waals surface area (Å²) >= 11 is 0. The molecule has 3 heteroatoms. The van der Waals surface area contributed by atoms with Gasteiger partial charge in [-0.25, -0.2) is 0 Å². The number of carboxylic acid groups (broad SMARTS) is 1. The fraction of sp³-hybridized carbons (Fsp3) is 0.316. The van der Waals surface area contributed by atoms with E-state index in [0.29, 0.717) is 0 Å². The van der Waals surface area contributed by atoms with Crippen LogP contribution in [0.5, 0.6) is 0 Å². The Morgan fingerprint density at radius 1 is 0.818 bits per heavy atom. The number of hydrogen-bond acceptors (Lipinski definition) is 2. The molecule has 22 heavy (non-hydrogen) atoms. The fourth-order valence-electron chi connectivity index (χ4n) is 2.54. The molecule has 0 aliphatic heterocycles. The number of hydrogen-bond donors (Lipinski definition) is 0. The minimum atomic E-state index is -1.13. The van der Waals surface area contributed by atoms with Gasteiger partial charge in [-0.15, -0.1) is 0 Å². The molecule has 0 aromatic heterocycles. The van der Waals surface area contributed by atoms with Gasteiger partial charge in [-0.3, -0.25) is 4.48 Å². The zero-order chi connectivity index (χ0) is 16.4. The molecule has 0 amide bonds. The lowest BCUT2D eigenvalue weighted by atomic mass is 10.2. The van der Waals surface area contributed by atoms with Crippen LogP contribution in [0.4, 0.5) is 5.69 Å². The molecule has 0 unspecified atom stereocenters. The van der Waals surface area contributed by atoms with E-state index in [4.69, 9.17) is 0 Å². The average Bonchev–Trinajstić information content (AvgIpc) is 2.59. The highest BCUT2D eigenvalue weighted by molar-refractivity contribution is 5.85. The van der Waals surface area contributed by atoms with Gasteiger partial charge in [0.05, 0.1) is 25.6 Å². The lowest BCUT2D eigenvalue weighted by molar-refractivity contribution is -0.255. The zero-order valence-electron chi connectivity index (χ0n) is 13.7. The summed E-state index contributed by atoms with van der Waals surface area (Å²) < 4.78 is 1.10. The van der Waals surface area contributed by atoms with Crippen LogP contribution < -0.4 is 9.59 Å². The van der Waals surface area contributed by atoms with E-state index in [0.717, 1.165) is 4.48 Å². The molecule has 0 heterocycles. The Morgan fingerprint density at radius 3 is 1.55 bits per heavy atom. The first-order valence-electron chi connectivity index (χ1n) is 7.77. The van der Waals surface area contributed by atoms with Crippen LogP contribution in [0.25, 0.3) is 0 Å². The molecule has 2 aromatic rings. The smallest absolute Gasteiger partial charge is 0.132 e. The third-order valence-electron chi connectivity index (χ3n) is 4.13. The number of carboxylic acids is 1. The second-order valence-electron chi connectivity index (χ2n) is 5.08. The Morgan fingerprint density at radius 2 is 1.23 bits per heavy atom. The van der Waals surface area contributed by atoms with Crippen molar-refractivity contribution in [1.29, 1.82) is 0 Å². The van der Waals surface area contributed by atoms with E-state index < -0.39 is 5.97 Å². The molecular formula is C19H25NO2. The molecule has 0 saturated carbocycles. The van der Waals surface area contributed by atoms with Crippen LogP contribution in [0.15, 0.2) is 60.7 Å². The van der Waals surface area contributed by atoms with Crippen LogP contribution in [-0.4, -0.2) is 25.6 Å². The van der Waals surface area contributed by atoms with Crippen molar-refractivity contribution in [2.45, 2.75) is 20.8 Å². The topological polar surface area (TPSA) is 40.1 Å². The molecular weight excluding hydrogens is 274 g/mol. The molecule has 0 N–H and O–H groups in total. The predicted molar refractivity (Wildman–Crippen MR) is 90.6 cm³/mol. The first kappa shape index (κ1) is 17.9. The van der Waals surface area contributed by atoms with Gasteiger partial charge in [0.2, 0.25) is 0 Å². The minimum absolute atomic E-state index is 0.220. The standard InChI is InChI=1S/C12H20N.C7H6O2/c1-4-13(5-2,6-3)12-10-8-7-9-11-12;8-7(9)6-4-2-1-3-5-6/h7-11H,4-6H2,1-3H3;1-5H,(H,8,9)/q+1;/p-1. The molecule has 3 nitrogen and oxygen atoms in total. The highest BCUT2D eigenvalue weighted by atomic mass is 16.4. The van der Waals surface area contributed by atoms with Gasteiger partial charge >= 0.3 is 0 Å². The maximum atomic E-state index is 10.1. The summed E-state index contributed by atoms with van der Waals surface area (Å²) in [6.45, 7) is 10.3. The Hall–Kier alpha value is -2.13. The predicted octanol–water partition coefficient (Wildman–Crippen LogP) is 3.10. The van der Waals surface area contributed by atoms with Gasteiger partial charge in [-0.2, -0.15) is 0 Å². The molecule has 0 aliphatic rings. The molecule has 2 aromatic carbocycles. The van der Waals surface area contributed by atoms with Gasteiger partial charge in [-0.05, 0) is 38.5 Å². The van der Waals surface area contributed by atoms with Gasteiger partial charge < -0.3 is 9.90 Å². The summed E-state index contributed by atoms with van der Waals surface area (Å²) in [6.07, 6.45) is 0. The summed E-state index contributed by atoms with van der Waals surface area (Å²) in [4.78, 5) is 10.1. The van der Waals surface area contributed by atoms with E-state index >= 15 is 0 Å². The van der Waals surface area contributed by atoms with Crippen molar-refractivity contribution in [3.05, 3.63) is 66.2 Å². The number of quaternary nitrogens is 1. The molecule has 2 rings (SSSR count). The molecule has 0 fully saturated rings. The number of para-hydroxylation sites is 1. The zero-order valence-corrected chi connectivity index (χ0v) is 13.7. The van der Waals surface area contributed by atoms with Crippen molar-refractivity contribution in [3.8, 4) is 0 Å². The Balaban J connectivity index is 0.000000235. The van der Waals surface area contributed by atoms with Crippen molar-refractivity contribution in [1.82, 2.24) is 4.48 Å². The minimum Gasteiger partial charge on any atom is -0.545 e.